The molecule has 1 unspecified atom stereocenters. The maximum absolute atomic E-state index is 12.9. The molecule has 0 spiro atoms. The number of carbonyl (C=O) groups excluding carboxylic acids is 1. The summed E-state index contributed by atoms with van der Waals surface area (Å²) < 4.78 is 44.0. The molecule has 0 radical (unpaired) electrons. The highest BCUT2D eigenvalue weighted by atomic mass is 79.9. The van der Waals surface area contributed by atoms with Gasteiger partial charge in [0.2, 0.25) is 0 Å². The second kappa shape index (κ2) is 6.36. The van der Waals surface area contributed by atoms with Crippen molar-refractivity contribution < 1.29 is 22.7 Å². The first-order chi connectivity index (χ1) is 9.79. The number of carbonyl (C=O) groups is 1. The van der Waals surface area contributed by atoms with E-state index in [0.717, 1.165) is 6.07 Å². The van der Waals surface area contributed by atoms with Crippen LogP contribution in [-0.2, 0) is 10.9 Å². The third kappa shape index (κ3) is 3.97. The first kappa shape index (κ1) is 16.3. The van der Waals surface area contributed by atoms with Crippen LogP contribution < -0.4 is 0 Å². The lowest BCUT2D eigenvalue weighted by Crippen LogP contribution is -2.36. The minimum absolute atomic E-state index is 0.0413. The summed E-state index contributed by atoms with van der Waals surface area (Å²) in [5.41, 5.74) is -0.799. The number of benzene rings is 1. The van der Waals surface area contributed by atoms with Gasteiger partial charge in [-0.3, -0.25) is 4.79 Å². The van der Waals surface area contributed by atoms with Crippen molar-refractivity contribution in [1.82, 2.24) is 4.90 Å². The lowest BCUT2D eigenvalue weighted by Gasteiger charge is -2.22. The molecule has 1 aliphatic heterocycles. The monoisotopic (exact) mass is 365 g/mol. The molecule has 1 aromatic carbocycles. The largest absolute Gasteiger partial charge is 0.417 e. The fourth-order valence-electron chi connectivity index (χ4n) is 2.24. The van der Waals surface area contributed by atoms with Crippen LogP contribution in [0.3, 0.4) is 0 Å². The van der Waals surface area contributed by atoms with Crippen LogP contribution >= 0.6 is 15.9 Å². The fourth-order valence-corrected chi connectivity index (χ4v) is 2.71. The van der Waals surface area contributed by atoms with Crippen LogP contribution in [0.5, 0.6) is 0 Å². The maximum atomic E-state index is 12.9. The fraction of sp³-hybridized carbons (Fsp3) is 0.500. The van der Waals surface area contributed by atoms with Gasteiger partial charge in [0.05, 0.1) is 11.7 Å². The first-order valence-corrected chi connectivity index (χ1v) is 7.36. The molecule has 0 aromatic heterocycles. The van der Waals surface area contributed by atoms with Crippen LogP contribution in [0.2, 0.25) is 0 Å². The summed E-state index contributed by atoms with van der Waals surface area (Å²) >= 11 is 2.87. The Hall–Kier alpha value is -1.08. The van der Waals surface area contributed by atoms with Crippen LogP contribution in [0.25, 0.3) is 0 Å². The van der Waals surface area contributed by atoms with Gasteiger partial charge in [0.15, 0.2) is 0 Å². The van der Waals surface area contributed by atoms with Crippen molar-refractivity contribution in [3.8, 4) is 0 Å². The summed E-state index contributed by atoms with van der Waals surface area (Å²) in [6.07, 6.45) is -3.93. The SMILES string of the molecule is CC1CN(C(=O)c2ccc(Br)c(C(F)(F)F)c2)CCCO1. The molecule has 2 rings (SSSR count). The lowest BCUT2D eigenvalue weighted by atomic mass is 10.1. The van der Waals surface area contributed by atoms with Crippen LogP contribution in [0.15, 0.2) is 22.7 Å². The normalized spacial score (nSPS) is 20.2. The summed E-state index contributed by atoms with van der Waals surface area (Å²) in [4.78, 5) is 13.9. The molecule has 0 saturated carbocycles. The second-order valence-corrected chi connectivity index (χ2v) is 5.83. The molecule has 1 aliphatic rings. The van der Waals surface area contributed by atoms with Gasteiger partial charge in [-0.15, -0.1) is 0 Å². The van der Waals surface area contributed by atoms with E-state index in [1.165, 1.54) is 12.1 Å². The van der Waals surface area contributed by atoms with Crippen molar-refractivity contribution in [3.05, 3.63) is 33.8 Å². The van der Waals surface area contributed by atoms with Crippen LogP contribution in [-0.4, -0.2) is 36.6 Å². The third-order valence-electron chi connectivity index (χ3n) is 3.26. The number of rotatable bonds is 1. The standard InChI is InChI=1S/C14H15BrF3NO2/c1-9-8-19(5-2-6-21-9)13(20)10-3-4-12(15)11(7-10)14(16,17)18/h3-4,7,9H,2,5-6,8H2,1H3. The molecule has 1 saturated heterocycles. The predicted molar refractivity (Wildman–Crippen MR) is 75.1 cm³/mol. The van der Waals surface area contributed by atoms with E-state index in [0.29, 0.717) is 26.1 Å². The maximum Gasteiger partial charge on any atom is 0.417 e. The summed E-state index contributed by atoms with van der Waals surface area (Å²) in [7, 11) is 0. The Morgan fingerprint density at radius 1 is 1.43 bits per heavy atom. The quantitative estimate of drug-likeness (QED) is 0.758. The van der Waals surface area contributed by atoms with E-state index in [4.69, 9.17) is 4.74 Å². The van der Waals surface area contributed by atoms with E-state index >= 15 is 0 Å². The summed E-state index contributed by atoms with van der Waals surface area (Å²) in [5, 5.41) is 0. The third-order valence-corrected chi connectivity index (χ3v) is 3.95. The number of hydrogen-bond donors (Lipinski definition) is 0. The Labute approximate surface area is 129 Å². The number of nitrogens with zero attached hydrogens (tertiary/aromatic N) is 1. The number of hydrogen-bond acceptors (Lipinski definition) is 2. The van der Waals surface area contributed by atoms with E-state index in [1.807, 2.05) is 6.92 Å². The first-order valence-electron chi connectivity index (χ1n) is 6.56. The molecule has 0 aliphatic carbocycles. The Balaban J connectivity index is 2.27. The van der Waals surface area contributed by atoms with Crippen molar-refractivity contribution in [2.75, 3.05) is 19.7 Å². The van der Waals surface area contributed by atoms with Crippen molar-refractivity contribution in [2.45, 2.75) is 25.6 Å². The summed E-state index contributed by atoms with van der Waals surface area (Å²) in [6, 6.07) is 3.55. The zero-order valence-corrected chi connectivity index (χ0v) is 13.0. The molecule has 1 heterocycles. The molecule has 0 N–H and O–H groups in total. The molecule has 1 amide bonds. The van der Waals surface area contributed by atoms with Gasteiger partial charge in [-0.1, -0.05) is 15.9 Å². The highest BCUT2D eigenvalue weighted by Gasteiger charge is 2.34. The molecule has 0 bridgehead atoms. The molecular weight excluding hydrogens is 351 g/mol. The Kier molecular flexibility index (Phi) is 4.93. The zero-order chi connectivity index (χ0) is 15.6. The molecule has 21 heavy (non-hydrogen) atoms. The number of halogens is 4. The van der Waals surface area contributed by atoms with E-state index in [1.54, 1.807) is 4.90 Å². The summed E-state index contributed by atoms with van der Waals surface area (Å²) in [6.45, 7) is 3.27. The minimum atomic E-state index is -4.50. The molecule has 7 heteroatoms. The van der Waals surface area contributed by atoms with E-state index in [9.17, 15) is 18.0 Å². The molecular formula is C14H15BrF3NO2. The van der Waals surface area contributed by atoms with Crippen molar-refractivity contribution >= 4 is 21.8 Å². The predicted octanol–water partition coefficient (Wildman–Crippen LogP) is 3.72. The molecule has 116 valence electrons. The smallest absolute Gasteiger partial charge is 0.377 e. The average molecular weight is 366 g/mol. The zero-order valence-electron chi connectivity index (χ0n) is 11.4. The second-order valence-electron chi connectivity index (χ2n) is 4.98. The van der Waals surface area contributed by atoms with E-state index in [2.05, 4.69) is 15.9 Å². The van der Waals surface area contributed by atoms with Gasteiger partial charge in [0.1, 0.15) is 0 Å². The number of alkyl halides is 3. The molecule has 1 atom stereocenters. The Morgan fingerprint density at radius 2 is 2.14 bits per heavy atom. The number of ether oxygens (including phenoxy) is 1. The molecule has 1 aromatic rings. The summed E-state index contributed by atoms with van der Waals surface area (Å²) in [5.74, 6) is -0.398. The molecule has 1 fully saturated rings. The van der Waals surface area contributed by atoms with Gasteiger partial charge in [-0.2, -0.15) is 13.2 Å². The van der Waals surface area contributed by atoms with Gasteiger partial charge < -0.3 is 9.64 Å². The van der Waals surface area contributed by atoms with E-state index in [-0.39, 0.29) is 16.1 Å². The van der Waals surface area contributed by atoms with Gasteiger partial charge in [-0.25, -0.2) is 0 Å². The van der Waals surface area contributed by atoms with Gasteiger partial charge >= 0.3 is 6.18 Å². The van der Waals surface area contributed by atoms with E-state index < -0.39 is 17.6 Å². The topological polar surface area (TPSA) is 29.5 Å². The Morgan fingerprint density at radius 3 is 2.81 bits per heavy atom. The van der Waals surface area contributed by atoms with Crippen molar-refractivity contribution in [1.29, 1.82) is 0 Å². The van der Waals surface area contributed by atoms with Crippen LogP contribution in [0, 0.1) is 0 Å². The average Bonchev–Trinajstić information content (AvgIpc) is 2.62. The highest BCUT2D eigenvalue weighted by Crippen LogP contribution is 2.35. The van der Waals surface area contributed by atoms with Crippen molar-refractivity contribution in [2.24, 2.45) is 0 Å². The highest BCUT2D eigenvalue weighted by molar-refractivity contribution is 9.10. The lowest BCUT2D eigenvalue weighted by molar-refractivity contribution is -0.138. The van der Waals surface area contributed by atoms with Crippen LogP contribution in [0.4, 0.5) is 13.2 Å². The van der Waals surface area contributed by atoms with Crippen molar-refractivity contribution in [3.63, 3.8) is 0 Å². The molecule has 3 nitrogen and oxygen atoms in total. The Bertz CT molecular complexity index is 533. The minimum Gasteiger partial charge on any atom is -0.377 e. The van der Waals surface area contributed by atoms with Gasteiger partial charge in [0, 0.05) is 29.7 Å². The van der Waals surface area contributed by atoms with Gasteiger partial charge in [0.25, 0.3) is 5.91 Å². The van der Waals surface area contributed by atoms with Crippen LogP contribution in [0.1, 0.15) is 29.3 Å². The van der Waals surface area contributed by atoms with Gasteiger partial charge in [-0.05, 0) is 31.5 Å². The number of amides is 1.